The normalized spacial score (nSPS) is 10.7. The first-order chi connectivity index (χ1) is 13.0. The van der Waals surface area contributed by atoms with Crippen molar-refractivity contribution in [2.24, 2.45) is 0 Å². The molecule has 0 aliphatic rings. The van der Waals surface area contributed by atoms with E-state index in [0.29, 0.717) is 18.7 Å². The average molecular weight is 389 g/mol. The number of nitrogens with zero attached hydrogens (tertiary/aromatic N) is 1. The Morgan fingerprint density at radius 1 is 1.26 bits per heavy atom. The Morgan fingerprint density at radius 2 is 2.00 bits per heavy atom. The van der Waals surface area contributed by atoms with Gasteiger partial charge in [0.05, 0.1) is 17.7 Å². The van der Waals surface area contributed by atoms with E-state index in [-0.39, 0.29) is 21.8 Å². The van der Waals surface area contributed by atoms with Gasteiger partial charge in [-0.25, -0.2) is 4.39 Å². The van der Waals surface area contributed by atoms with Crippen molar-refractivity contribution in [1.82, 2.24) is 10.5 Å². The largest absolute Gasteiger partial charge is 0.497 e. The fourth-order valence-electron chi connectivity index (χ4n) is 2.74. The molecule has 7 heteroatoms. The summed E-state index contributed by atoms with van der Waals surface area (Å²) in [4.78, 5) is 12.6. The Morgan fingerprint density at radius 3 is 2.67 bits per heavy atom. The molecule has 3 aromatic rings. The number of nitrogens with one attached hydrogen (secondary N) is 1. The molecule has 0 aliphatic carbocycles. The zero-order chi connectivity index (χ0) is 19.4. The van der Waals surface area contributed by atoms with Crippen LogP contribution in [0, 0.1) is 12.7 Å². The highest BCUT2D eigenvalue weighted by atomic mass is 35.5. The molecule has 5 nitrogen and oxygen atoms in total. The molecule has 27 heavy (non-hydrogen) atoms. The van der Waals surface area contributed by atoms with Crippen LogP contribution >= 0.6 is 11.6 Å². The fraction of sp³-hybridized carbons (Fsp3) is 0.200. The molecule has 0 saturated carbocycles. The molecule has 0 aliphatic heterocycles. The van der Waals surface area contributed by atoms with Crippen molar-refractivity contribution in [2.75, 3.05) is 13.7 Å². The van der Waals surface area contributed by atoms with Crippen molar-refractivity contribution in [3.63, 3.8) is 0 Å². The zero-order valence-electron chi connectivity index (χ0n) is 14.9. The van der Waals surface area contributed by atoms with Crippen LogP contribution < -0.4 is 10.1 Å². The van der Waals surface area contributed by atoms with Crippen molar-refractivity contribution < 1.29 is 18.4 Å². The van der Waals surface area contributed by atoms with Crippen LogP contribution in [0.5, 0.6) is 5.75 Å². The Hall–Kier alpha value is -2.86. The van der Waals surface area contributed by atoms with E-state index in [1.807, 2.05) is 24.3 Å². The second-order valence-electron chi connectivity index (χ2n) is 5.91. The lowest BCUT2D eigenvalue weighted by Gasteiger charge is -2.08. The fourth-order valence-corrected chi connectivity index (χ4v) is 2.99. The first-order valence-electron chi connectivity index (χ1n) is 8.33. The summed E-state index contributed by atoms with van der Waals surface area (Å²) in [6, 6.07) is 11.9. The van der Waals surface area contributed by atoms with E-state index in [4.69, 9.17) is 20.9 Å². The van der Waals surface area contributed by atoms with Crippen LogP contribution in [0.1, 0.15) is 21.7 Å². The summed E-state index contributed by atoms with van der Waals surface area (Å²) >= 11 is 6.10. The highest BCUT2D eigenvalue weighted by Crippen LogP contribution is 2.33. The van der Waals surface area contributed by atoms with E-state index >= 15 is 0 Å². The summed E-state index contributed by atoms with van der Waals surface area (Å²) in [5, 5.41) is 6.82. The number of methoxy groups -OCH3 is 1. The number of carbonyl (C=O) groups excluding carboxylic acids is 1. The number of hydrogen-bond acceptors (Lipinski definition) is 4. The molecule has 0 saturated heterocycles. The van der Waals surface area contributed by atoms with Crippen LogP contribution in [0.2, 0.25) is 5.02 Å². The maximum absolute atomic E-state index is 14.2. The summed E-state index contributed by atoms with van der Waals surface area (Å²) in [5.41, 5.74) is 1.38. The number of aromatic nitrogens is 1. The number of amides is 1. The molecule has 1 N–H and O–H groups in total. The van der Waals surface area contributed by atoms with Gasteiger partial charge in [-0.1, -0.05) is 35.0 Å². The molecule has 140 valence electrons. The molecular formula is C20H18ClFN2O3. The van der Waals surface area contributed by atoms with Crippen molar-refractivity contribution in [3.05, 3.63) is 70.2 Å². The van der Waals surface area contributed by atoms with Gasteiger partial charge in [0.15, 0.2) is 0 Å². The van der Waals surface area contributed by atoms with E-state index < -0.39 is 11.7 Å². The number of hydrogen-bond donors (Lipinski definition) is 1. The molecule has 3 rings (SSSR count). The van der Waals surface area contributed by atoms with Gasteiger partial charge in [0.25, 0.3) is 5.91 Å². The molecule has 0 fully saturated rings. The summed E-state index contributed by atoms with van der Waals surface area (Å²) in [5.74, 6) is 0.111. The molecule has 1 amide bonds. The van der Waals surface area contributed by atoms with Crippen molar-refractivity contribution in [3.8, 4) is 17.0 Å². The Balaban J connectivity index is 1.74. The second-order valence-corrected chi connectivity index (χ2v) is 6.32. The zero-order valence-corrected chi connectivity index (χ0v) is 15.6. The van der Waals surface area contributed by atoms with Crippen LogP contribution in [0.4, 0.5) is 4.39 Å². The number of benzene rings is 2. The number of aryl methyl sites for hydroxylation is 1. The van der Waals surface area contributed by atoms with Crippen molar-refractivity contribution in [1.29, 1.82) is 0 Å². The third-order valence-corrected chi connectivity index (χ3v) is 4.46. The third kappa shape index (κ3) is 4.11. The molecule has 0 bridgehead atoms. The highest BCUT2D eigenvalue weighted by molar-refractivity contribution is 6.33. The van der Waals surface area contributed by atoms with Crippen LogP contribution in [-0.4, -0.2) is 24.7 Å². The Labute approximate surface area is 161 Å². The van der Waals surface area contributed by atoms with Crippen molar-refractivity contribution >= 4 is 17.5 Å². The quantitative estimate of drug-likeness (QED) is 0.678. The first-order valence-corrected chi connectivity index (χ1v) is 8.71. The van der Waals surface area contributed by atoms with Crippen LogP contribution in [0.15, 0.2) is 47.0 Å². The lowest BCUT2D eigenvalue weighted by Crippen LogP contribution is -2.26. The maximum Gasteiger partial charge on any atom is 0.257 e. The van der Waals surface area contributed by atoms with Gasteiger partial charge in [0.2, 0.25) is 0 Å². The number of carbonyl (C=O) groups is 1. The van der Waals surface area contributed by atoms with E-state index in [0.717, 1.165) is 11.3 Å². The summed E-state index contributed by atoms with van der Waals surface area (Å²) in [6.07, 6.45) is 0.635. The molecule has 0 unspecified atom stereocenters. The molecule has 0 radical (unpaired) electrons. The highest BCUT2D eigenvalue weighted by Gasteiger charge is 2.25. The summed E-state index contributed by atoms with van der Waals surface area (Å²) < 4.78 is 24.5. The molecule has 0 atom stereocenters. The van der Waals surface area contributed by atoms with E-state index in [9.17, 15) is 9.18 Å². The smallest absolute Gasteiger partial charge is 0.257 e. The molecule has 1 heterocycles. The third-order valence-electron chi connectivity index (χ3n) is 4.15. The van der Waals surface area contributed by atoms with Crippen molar-refractivity contribution in [2.45, 2.75) is 13.3 Å². The van der Waals surface area contributed by atoms with Gasteiger partial charge >= 0.3 is 0 Å². The van der Waals surface area contributed by atoms with Gasteiger partial charge in [-0.05, 0) is 43.2 Å². The standard InChI is InChI=1S/C20H18ClFN2O3/c1-12-17(19(24-27-12)18-15(21)4-3-5-16(18)22)20(25)23-11-10-13-6-8-14(26-2)9-7-13/h3-9H,10-11H2,1-2H3,(H,23,25). The number of rotatable bonds is 6. The second kappa shape index (κ2) is 8.22. The molecule has 0 spiro atoms. The molecule has 1 aromatic heterocycles. The van der Waals surface area contributed by atoms with E-state index in [1.54, 1.807) is 14.0 Å². The minimum absolute atomic E-state index is 0.0521. The number of halogens is 2. The topological polar surface area (TPSA) is 64.4 Å². The van der Waals surface area contributed by atoms with Crippen LogP contribution in [-0.2, 0) is 6.42 Å². The van der Waals surface area contributed by atoms with Gasteiger partial charge in [0.1, 0.15) is 28.6 Å². The summed E-state index contributed by atoms with van der Waals surface area (Å²) in [7, 11) is 1.61. The maximum atomic E-state index is 14.2. The predicted molar refractivity (Wildman–Crippen MR) is 101 cm³/mol. The first kappa shape index (κ1) is 18.9. The van der Waals surface area contributed by atoms with Gasteiger partial charge in [-0.2, -0.15) is 0 Å². The van der Waals surface area contributed by atoms with Crippen LogP contribution in [0.3, 0.4) is 0 Å². The van der Waals surface area contributed by atoms with E-state index in [2.05, 4.69) is 10.5 Å². The molecule has 2 aromatic carbocycles. The Bertz CT molecular complexity index is 934. The van der Waals surface area contributed by atoms with E-state index in [1.165, 1.54) is 18.2 Å². The molecular weight excluding hydrogens is 371 g/mol. The minimum atomic E-state index is -0.567. The lowest BCUT2D eigenvalue weighted by molar-refractivity contribution is 0.0953. The van der Waals surface area contributed by atoms with Gasteiger partial charge in [0, 0.05) is 6.54 Å². The predicted octanol–water partition coefficient (Wildman–Crippen LogP) is 4.42. The average Bonchev–Trinajstić information content (AvgIpc) is 3.03. The van der Waals surface area contributed by atoms with Gasteiger partial charge in [-0.3, -0.25) is 4.79 Å². The summed E-state index contributed by atoms with van der Waals surface area (Å²) in [6.45, 7) is 2.00. The SMILES string of the molecule is COc1ccc(CCNC(=O)c2c(-c3c(F)cccc3Cl)noc2C)cc1. The monoisotopic (exact) mass is 388 g/mol. The minimum Gasteiger partial charge on any atom is -0.497 e. The Kier molecular flexibility index (Phi) is 5.76. The lowest BCUT2D eigenvalue weighted by atomic mass is 10.0. The number of ether oxygens (including phenoxy) is 1. The van der Waals surface area contributed by atoms with Gasteiger partial charge < -0.3 is 14.6 Å². The van der Waals surface area contributed by atoms with Gasteiger partial charge in [-0.15, -0.1) is 0 Å². The van der Waals surface area contributed by atoms with Crippen LogP contribution in [0.25, 0.3) is 11.3 Å².